The van der Waals surface area contributed by atoms with Crippen LogP contribution in [0.2, 0.25) is 0 Å². The van der Waals surface area contributed by atoms with Gasteiger partial charge in [0, 0.05) is 4.88 Å². The largest absolute Gasteiger partial charge is 0.494 e. The highest BCUT2D eigenvalue weighted by molar-refractivity contribution is 7.11. The van der Waals surface area contributed by atoms with Gasteiger partial charge in [-0.3, -0.25) is 9.36 Å². The number of carbonyl (C=O) groups is 1. The van der Waals surface area contributed by atoms with Crippen molar-refractivity contribution in [2.75, 3.05) is 13.7 Å². The molecule has 2 heterocycles. The molecule has 0 aliphatic rings. The van der Waals surface area contributed by atoms with Gasteiger partial charge in [0.05, 0.1) is 30.9 Å². The van der Waals surface area contributed by atoms with Crippen molar-refractivity contribution in [2.45, 2.75) is 13.5 Å². The van der Waals surface area contributed by atoms with Crippen molar-refractivity contribution in [1.82, 2.24) is 4.57 Å². The van der Waals surface area contributed by atoms with Crippen LogP contribution in [-0.2, 0) is 16.1 Å². The molecule has 5 nitrogen and oxygen atoms in total. The molecule has 0 amide bonds. The normalized spacial score (nSPS) is 12.4. The molecule has 146 valence electrons. The Morgan fingerprint density at radius 3 is 2.79 bits per heavy atom. The van der Waals surface area contributed by atoms with Crippen molar-refractivity contribution >= 4 is 40.8 Å². The summed E-state index contributed by atoms with van der Waals surface area (Å²) in [4.78, 5) is 25.8. The summed E-state index contributed by atoms with van der Waals surface area (Å²) >= 11 is 2.71. The number of rotatable bonds is 6. The van der Waals surface area contributed by atoms with Crippen LogP contribution in [0.1, 0.15) is 17.4 Å². The number of carbonyl (C=O) groups excluding carboxylic acids is 1. The average molecular weight is 419 g/mol. The molecular formula is C20H18FNO4S2. The van der Waals surface area contributed by atoms with E-state index in [0.29, 0.717) is 14.8 Å². The second-order valence-electron chi connectivity index (χ2n) is 5.72. The summed E-state index contributed by atoms with van der Waals surface area (Å²) < 4.78 is 26.3. The number of hydrogen-bond donors (Lipinski definition) is 0. The molecule has 0 aliphatic heterocycles. The van der Waals surface area contributed by atoms with Crippen LogP contribution < -0.4 is 19.5 Å². The van der Waals surface area contributed by atoms with E-state index in [1.807, 2.05) is 17.5 Å². The van der Waals surface area contributed by atoms with Crippen LogP contribution in [0, 0.1) is 5.82 Å². The summed E-state index contributed by atoms with van der Waals surface area (Å²) in [6, 6.07) is 8.31. The van der Waals surface area contributed by atoms with Crippen LogP contribution in [0.25, 0.3) is 12.2 Å². The molecule has 0 bridgehead atoms. The lowest BCUT2D eigenvalue weighted by molar-refractivity contribution is -0.135. The van der Waals surface area contributed by atoms with Crippen LogP contribution in [0.3, 0.4) is 0 Å². The Labute approximate surface area is 168 Å². The molecule has 0 aliphatic carbocycles. The van der Waals surface area contributed by atoms with Gasteiger partial charge < -0.3 is 9.47 Å². The minimum Gasteiger partial charge on any atom is -0.494 e. The van der Waals surface area contributed by atoms with E-state index in [9.17, 15) is 14.0 Å². The molecule has 0 saturated heterocycles. The van der Waals surface area contributed by atoms with Gasteiger partial charge in [-0.1, -0.05) is 12.1 Å². The van der Waals surface area contributed by atoms with Gasteiger partial charge in [0.25, 0.3) is 5.56 Å². The summed E-state index contributed by atoms with van der Waals surface area (Å²) in [6.07, 6.45) is 3.08. The van der Waals surface area contributed by atoms with Gasteiger partial charge in [-0.25, -0.2) is 9.18 Å². The topological polar surface area (TPSA) is 57.5 Å². The molecule has 2 aromatic heterocycles. The Morgan fingerprint density at radius 2 is 2.14 bits per heavy atom. The van der Waals surface area contributed by atoms with Crippen molar-refractivity contribution in [3.63, 3.8) is 0 Å². The van der Waals surface area contributed by atoms with Crippen LogP contribution >= 0.6 is 22.7 Å². The third-order valence-electron chi connectivity index (χ3n) is 3.84. The van der Waals surface area contributed by atoms with Gasteiger partial charge in [0.2, 0.25) is 0 Å². The SMILES string of the molecule is CCOC(=O)/C=c1/s/c(=C/c2cccs2)c(=O)n1Cc1ccc(OC)c(F)c1. The van der Waals surface area contributed by atoms with Crippen molar-refractivity contribution in [3.05, 3.63) is 71.5 Å². The van der Waals surface area contributed by atoms with Crippen molar-refractivity contribution < 1.29 is 18.7 Å². The first-order valence-corrected chi connectivity index (χ1v) is 10.2. The van der Waals surface area contributed by atoms with E-state index < -0.39 is 11.8 Å². The fourth-order valence-electron chi connectivity index (χ4n) is 2.57. The number of hydrogen-bond acceptors (Lipinski definition) is 6. The van der Waals surface area contributed by atoms with Gasteiger partial charge >= 0.3 is 5.97 Å². The summed E-state index contributed by atoms with van der Waals surface area (Å²) in [6.45, 7) is 2.08. The average Bonchev–Trinajstić information content (AvgIpc) is 3.26. The first kappa shape index (κ1) is 20.0. The molecule has 0 spiro atoms. The van der Waals surface area contributed by atoms with Crippen LogP contribution in [0.15, 0.2) is 40.5 Å². The highest BCUT2D eigenvalue weighted by atomic mass is 32.1. The molecule has 0 atom stereocenters. The molecule has 0 unspecified atom stereocenters. The number of aromatic nitrogens is 1. The lowest BCUT2D eigenvalue weighted by Gasteiger charge is -2.06. The maximum atomic E-state index is 14.0. The predicted octanol–water partition coefficient (Wildman–Crippen LogP) is 2.34. The molecule has 0 radical (unpaired) electrons. The highest BCUT2D eigenvalue weighted by Crippen LogP contribution is 2.17. The molecular weight excluding hydrogens is 401 g/mol. The standard InChI is InChI=1S/C20H18FNO4S2/c1-3-26-19(23)11-18-22(12-13-6-7-16(25-2)15(21)9-13)20(24)17(28-18)10-14-5-4-8-27-14/h4-11H,3,12H2,1-2H3/b17-10+,18-11+. The lowest BCUT2D eigenvalue weighted by atomic mass is 10.2. The third-order valence-corrected chi connectivity index (χ3v) is 5.72. The molecule has 0 N–H and O–H groups in total. The van der Waals surface area contributed by atoms with E-state index in [1.54, 1.807) is 19.1 Å². The van der Waals surface area contributed by atoms with E-state index in [1.165, 1.54) is 52.6 Å². The van der Waals surface area contributed by atoms with Crippen molar-refractivity contribution in [3.8, 4) is 5.75 Å². The van der Waals surface area contributed by atoms with E-state index >= 15 is 0 Å². The number of ether oxygens (including phenoxy) is 2. The Bertz CT molecular complexity index is 1150. The van der Waals surface area contributed by atoms with E-state index in [4.69, 9.17) is 9.47 Å². The summed E-state index contributed by atoms with van der Waals surface area (Å²) in [7, 11) is 1.39. The Balaban J connectivity index is 2.10. The Morgan fingerprint density at radius 1 is 1.32 bits per heavy atom. The number of benzene rings is 1. The zero-order valence-corrected chi connectivity index (χ0v) is 16.9. The van der Waals surface area contributed by atoms with E-state index in [-0.39, 0.29) is 24.5 Å². The van der Waals surface area contributed by atoms with Gasteiger partial charge in [0.15, 0.2) is 11.6 Å². The van der Waals surface area contributed by atoms with Gasteiger partial charge in [-0.15, -0.1) is 22.7 Å². The Hall–Kier alpha value is -2.71. The smallest absolute Gasteiger partial charge is 0.333 e. The predicted molar refractivity (Wildman–Crippen MR) is 109 cm³/mol. The summed E-state index contributed by atoms with van der Waals surface area (Å²) in [5.74, 6) is -0.905. The summed E-state index contributed by atoms with van der Waals surface area (Å²) in [5.41, 5.74) is 0.338. The number of nitrogens with zero attached hydrogens (tertiary/aromatic N) is 1. The van der Waals surface area contributed by atoms with Gasteiger partial charge in [-0.05, 0) is 42.1 Å². The highest BCUT2D eigenvalue weighted by Gasteiger charge is 2.10. The zero-order valence-electron chi connectivity index (χ0n) is 15.3. The van der Waals surface area contributed by atoms with Crippen LogP contribution in [0.5, 0.6) is 5.75 Å². The fraction of sp³-hybridized carbons (Fsp3) is 0.200. The molecule has 0 saturated carbocycles. The number of esters is 1. The van der Waals surface area contributed by atoms with E-state index in [2.05, 4.69) is 0 Å². The van der Waals surface area contributed by atoms with E-state index in [0.717, 1.165) is 4.88 Å². The zero-order chi connectivity index (χ0) is 20.1. The van der Waals surface area contributed by atoms with Crippen molar-refractivity contribution in [1.29, 1.82) is 0 Å². The Kier molecular flexibility index (Phi) is 6.43. The fourth-order valence-corrected chi connectivity index (χ4v) is 4.32. The monoisotopic (exact) mass is 419 g/mol. The molecule has 0 fully saturated rings. The lowest BCUT2D eigenvalue weighted by Crippen LogP contribution is -2.32. The van der Waals surface area contributed by atoms with Gasteiger partial charge in [0.1, 0.15) is 4.66 Å². The molecule has 1 aromatic carbocycles. The number of thiophene rings is 1. The van der Waals surface area contributed by atoms with Crippen LogP contribution in [-0.4, -0.2) is 24.3 Å². The second kappa shape index (κ2) is 8.99. The maximum Gasteiger partial charge on any atom is 0.333 e. The van der Waals surface area contributed by atoms with Gasteiger partial charge in [-0.2, -0.15) is 0 Å². The quantitative estimate of drug-likeness (QED) is 0.576. The first-order chi connectivity index (χ1) is 13.5. The third kappa shape index (κ3) is 4.58. The number of halogens is 1. The minimum absolute atomic E-state index is 0.125. The van der Waals surface area contributed by atoms with Crippen molar-refractivity contribution in [2.24, 2.45) is 0 Å². The number of methoxy groups -OCH3 is 1. The minimum atomic E-state index is -0.527. The molecule has 3 aromatic rings. The van der Waals surface area contributed by atoms with Crippen LogP contribution in [0.4, 0.5) is 4.39 Å². The summed E-state index contributed by atoms with van der Waals surface area (Å²) in [5, 5.41) is 1.92. The molecule has 8 heteroatoms. The second-order valence-corrected chi connectivity index (χ2v) is 7.76. The maximum absolute atomic E-state index is 14.0. The number of thiazole rings is 1. The molecule has 3 rings (SSSR count). The first-order valence-electron chi connectivity index (χ1n) is 8.47. The molecule has 28 heavy (non-hydrogen) atoms.